The Morgan fingerprint density at radius 2 is 1.82 bits per heavy atom. The first-order chi connectivity index (χ1) is 20.5. The zero-order valence-electron chi connectivity index (χ0n) is 29.6. The van der Waals surface area contributed by atoms with Crippen molar-refractivity contribution < 1.29 is 14.3 Å². The van der Waals surface area contributed by atoms with E-state index in [1.54, 1.807) is 5.57 Å². The van der Waals surface area contributed by atoms with Crippen LogP contribution in [0.15, 0.2) is 11.6 Å². The van der Waals surface area contributed by atoms with Crippen LogP contribution in [-0.4, -0.2) is 40.6 Å². The zero-order chi connectivity index (χ0) is 32.3. The Balaban J connectivity index is 1.25. The SMILES string of the molecule is CC(C)CCCCC1CCC2C3CC=C4CC(SCC(=O)NC(C)(C)CCOC(C)(C)CC(N)=O)CCC4(C)C3CCC12C. The first-order valence-electron chi connectivity index (χ1n) is 18.1. The lowest BCUT2D eigenvalue weighted by Gasteiger charge is -2.58. The van der Waals surface area contributed by atoms with Gasteiger partial charge in [-0.25, -0.2) is 0 Å². The van der Waals surface area contributed by atoms with E-state index in [-0.39, 0.29) is 23.8 Å². The molecule has 4 aliphatic carbocycles. The van der Waals surface area contributed by atoms with E-state index >= 15 is 0 Å². The normalized spacial score (nSPS) is 33.8. The number of carbonyl (C=O) groups excluding carboxylic acids is 2. The lowest BCUT2D eigenvalue weighted by molar-refractivity contribution is -0.124. The molecular formula is C38H66N2O3S. The Kier molecular flexibility index (Phi) is 11.7. The maximum absolute atomic E-state index is 13.0. The third kappa shape index (κ3) is 8.66. The summed E-state index contributed by atoms with van der Waals surface area (Å²) in [7, 11) is 0. The third-order valence-corrected chi connectivity index (χ3v) is 13.9. The minimum Gasteiger partial charge on any atom is -0.375 e. The molecule has 7 unspecified atom stereocenters. The molecule has 0 aliphatic heterocycles. The summed E-state index contributed by atoms with van der Waals surface area (Å²) in [5.41, 5.74) is 7.03. The highest BCUT2D eigenvalue weighted by Crippen LogP contribution is 2.67. The van der Waals surface area contributed by atoms with Crippen LogP contribution in [0.3, 0.4) is 0 Å². The van der Waals surface area contributed by atoms with Crippen molar-refractivity contribution in [2.24, 2.45) is 46.2 Å². The minimum absolute atomic E-state index is 0.106. The summed E-state index contributed by atoms with van der Waals surface area (Å²) < 4.78 is 5.91. The summed E-state index contributed by atoms with van der Waals surface area (Å²) in [6, 6.07) is 0. The highest BCUT2D eigenvalue weighted by Gasteiger charge is 2.58. The first-order valence-corrected chi connectivity index (χ1v) is 19.1. The number of nitrogens with two attached hydrogens (primary N) is 1. The van der Waals surface area contributed by atoms with Crippen molar-refractivity contribution in [1.82, 2.24) is 5.32 Å². The summed E-state index contributed by atoms with van der Waals surface area (Å²) in [5.74, 6) is 4.69. The predicted molar refractivity (Wildman–Crippen MR) is 185 cm³/mol. The van der Waals surface area contributed by atoms with Gasteiger partial charge in [0, 0.05) is 17.4 Å². The molecule has 6 heteroatoms. The highest BCUT2D eigenvalue weighted by molar-refractivity contribution is 8.00. The van der Waals surface area contributed by atoms with Crippen molar-refractivity contribution in [3.05, 3.63) is 11.6 Å². The molecule has 5 nitrogen and oxygen atoms in total. The van der Waals surface area contributed by atoms with E-state index in [1.165, 1.54) is 70.6 Å². The second-order valence-electron chi connectivity index (χ2n) is 17.4. The van der Waals surface area contributed by atoms with Crippen LogP contribution in [-0.2, 0) is 14.3 Å². The van der Waals surface area contributed by atoms with E-state index in [0.29, 0.717) is 34.9 Å². The second-order valence-corrected chi connectivity index (χ2v) is 18.7. The van der Waals surface area contributed by atoms with Crippen LogP contribution in [0.4, 0.5) is 0 Å². The number of fused-ring (bicyclic) bond motifs is 5. The summed E-state index contributed by atoms with van der Waals surface area (Å²) in [6.45, 7) is 18.3. The highest BCUT2D eigenvalue weighted by atomic mass is 32.2. The van der Waals surface area contributed by atoms with Gasteiger partial charge < -0.3 is 15.8 Å². The molecule has 0 aromatic heterocycles. The average Bonchev–Trinajstić information content (AvgIpc) is 3.24. The maximum atomic E-state index is 13.0. The van der Waals surface area contributed by atoms with E-state index in [1.807, 2.05) is 39.5 Å². The van der Waals surface area contributed by atoms with Gasteiger partial charge in [-0.1, -0.05) is 58.6 Å². The number of ether oxygens (including phenoxy) is 1. The van der Waals surface area contributed by atoms with Crippen molar-refractivity contribution in [1.29, 1.82) is 0 Å². The largest absolute Gasteiger partial charge is 0.375 e. The van der Waals surface area contributed by atoms with Gasteiger partial charge in [0.15, 0.2) is 0 Å². The van der Waals surface area contributed by atoms with Crippen molar-refractivity contribution in [2.45, 2.75) is 162 Å². The van der Waals surface area contributed by atoms with E-state index in [2.05, 4.69) is 39.1 Å². The average molecular weight is 631 g/mol. The Bertz CT molecular complexity index is 1040. The molecule has 4 rings (SSSR count). The Morgan fingerprint density at radius 3 is 2.52 bits per heavy atom. The number of nitrogens with one attached hydrogen (secondary N) is 1. The number of thioether (sulfide) groups is 1. The molecule has 3 saturated carbocycles. The number of unbranched alkanes of at least 4 members (excludes halogenated alkanes) is 1. The van der Waals surface area contributed by atoms with Crippen molar-refractivity contribution >= 4 is 23.6 Å². The van der Waals surface area contributed by atoms with Gasteiger partial charge in [-0.05, 0) is 132 Å². The van der Waals surface area contributed by atoms with Crippen LogP contribution in [0.25, 0.3) is 0 Å². The summed E-state index contributed by atoms with van der Waals surface area (Å²) >= 11 is 1.86. The molecular weight excluding hydrogens is 564 g/mol. The molecule has 44 heavy (non-hydrogen) atoms. The van der Waals surface area contributed by atoms with Gasteiger partial charge in [-0.2, -0.15) is 0 Å². The fourth-order valence-electron chi connectivity index (χ4n) is 10.0. The number of allylic oxidation sites excluding steroid dienone is 2. The molecule has 0 aromatic rings. The molecule has 3 fully saturated rings. The van der Waals surface area contributed by atoms with Crippen LogP contribution in [0, 0.1) is 40.4 Å². The first kappa shape index (κ1) is 35.8. The van der Waals surface area contributed by atoms with Gasteiger partial charge in [0.25, 0.3) is 0 Å². The van der Waals surface area contributed by atoms with Crippen molar-refractivity contribution in [2.75, 3.05) is 12.4 Å². The summed E-state index contributed by atoms with van der Waals surface area (Å²) in [5, 5.41) is 3.76. The molecule has 0 heterocycles. The number of primary amides is 1. The number of rotatable bonds is 15. The lowest BCUT2D eigenvalue weighted by atomic mass is 9.47. The molecule has 0 radical (unpaired) electrons. The minimum atomic E-state index is -0.589. The summed E-state index contributed by atoms with van der Waals surface area (Å²) in [4.78, 5) is 24.2. The Hall–Kier alpha value is -1.01. The molecule has 4 aliphatic rings. The van der Waals surface area contributed by atoms with Gasteiger partial charge in [0.1, 0.15) is 0 Å². The maximum Gasteiger partial charge on any atom is 0.230 e. The fraction of sp³-hybridized carbons (Fsp3) is 0.895. The van der Waals surface area contributed by atoms with Crippen LogP contribution in [0.1, 0.15) is 145 Å². The van der Waals surface area contributed by atoms with E-state index < -0.39 is 5.60 Å². The van der Waals surface area contributed by atoms with Gasteiger partial charge in [0.05, 0.1) is 17.8 Å². The quantitative estimate of drug-likeness (QED) is 0.140. The molecule has 0 bridgehead atoms. The molecule has 7 atom stereocenters. The van der Waals surface area contributed by atoms with Gasteiger partial charge in [-0.3, -0.25) is 9.59 Å². The fourth-order valence-corrected chi connectivity index (χ4v) is 11.1. The molecule has 0 spiro atoms. The topological polar surface area (TPSA) is 81.4 Å². The van der Waals surface area contributed by atoms with Crippen LogP contribution in [0.2, 0.25) is 0 Å². The molecule has 3 N–H and O–H groups in total. The zero-order valence-corrected chi connectivity index (χ0v) is 30.4. The van der Waals surface area contributed by atoms with E-state index in [9.17, 15) is 9.59 Å². The van der Waals surface area contributed by atoms with Gasteiger partial charge >= 0.3 is 0 Å². The molecule has 2 amide bonds. The Labute approximate surface area is 274 Å². The van der Waals surface area contributed by atoms with Crippen LogP contribution < -0.4 is 11.1 Å². The number of hydrogen-bond donors (Lipinski definition) is 2. The monoisotopic (exact) mass is 630 g/mol. The van der Waals surface area contributed by atoms with Gasteiger partial charge in [-0.15, -0.1) is 11.8 Å². The predicted octanol–water partition coefficient (Wildman–Crippen LogP) is 8.84. The number of carbonyl (C=O) groups is 2. The second kappa shape index (κ2) is 14.4. The van der Waals surface area contributed by atoms with Crippen LogP contribution >= 0.6 is 11.8 Å². The molecule has 0 aromatic carbocycles. The van der Waals surface area contributed by atoms with E-state index in [0.717, 1.165) is 36.0 Å². The third-order valence-electron chi connectivity index (χ3n) is 12.6. The number of amides is 2. The molecule has 0 saturated heterocycles. The van der Waals surface area contributed by atoms with Gasteiger partial charge in [0.2, 0.25) is 11.8 Å². The van der Waals surface area contributed by atoms with E-state index in [4.69, 9.17) is 10.5 Å². The Morgan fingerprint density at radius 1 is 1.07 bits per heavy atom. The number of hydrogen-bond acceptors (Lipinski definition) is 4. The van der Waals surface area contributed by atoms with Crippen molar-refractivity contribution in [3.8, 4) is 0 Å². The standard InChI is InChI=1S/C38H66N2O3S/c1-26(2)11-9-10-12-27-14-16-31-30-15-13-28-23-29(17-19-38(28,8)32(30)18-20-37(27,31)7)44-25-34(42)40-35(3,4)21-22-43-36(5,6)24-33(39)41/h13,26-27,29-32H,9-12,14-25H2,1-8H3,(H2,39,41)(H,40,42). The van der Waals surface area contributed by atoms with Crippen LogP contribution in [0.5, 0.6) is 0 Å². The lowest BCUT2D eigenvalue weighted by Crippen LogP contribution is -2.50. The molecule has 252 valence electrons. The smallest absolute Gasteiger partial charge is 0.230 e. The summed E-state index contributed by atoms with van der Waals surface area (Å²) in [6.07, 6.45) is 20.0. The van der Waals surface area contributed by atoms with Crippen molar-refractivity contribution in [3.63, 3.8) is 0 Å².